The van der Waals surface area contributed by atoms with Crippen molar-refractivity contribution < 1.29 is 19.4 Å². The monoisotopic (exact) mass is 462 g/mol. The van der Waals surface area contributed by atoms with E-state index in [2.05, 4.69) is 10.3 Å². The third-order valence-corrected chi connectivity index (χ3v) is 5.25. The minimum absolute atomic E-state index is 0.195. The summed E-state index contributed by atoms with van der Waals surface area (Å²) in [6, 6.07) is 10.3. The van der Waals surface area contributed by atoms with Crippen LogP contribution in [-0.4, -0.2) is 35.3 Å². The molecule has 0 radical (unpaired) electrons. The molecule has 0 aliphatic carbocycles. The number of nitrogens with one attached hydrogen (secondary N) is 1. The fourth-order valence-electron chi connectivity index (χ4n) is 3.07. The fourth-order valence-corrected chi connectivity index (χ4v) is 3.64. The van der Waals surface area contributed by atoms with E-state index in [0.717, 1.165) is 5.56 Å². The van der Waals surface area contributed by atoms with Gasteiger partial charge in [-0.2, -0.15) is 0 Å². The highest BCUT2D eigenvalue weighted by Gasteiger charge is 2.19. The summed E-state index contributed by atoms with van der Waals surface area (Å²) in [5.41, 5.74) is 1.16. The lowest BCUT2D eigenvalue weighted by Crippen LogP contribution is -2.22. The second-order valence-corrected chi connectivity index (χ2v) is 8.52. The number of hydrogen-bond acceptors (Lipinski definition) is 5. The Bertz CT molecular complexity index is 1080. The number of fused-ring (bicyclic) bond motifs is 1. The number of ether oxygens (including phenoxy) is 2. The van der Waals surface area contributed by atoms with Gasteiger partial charge in [0, 0.05) is 30.7 Å². The van der Waals surface area contributed by atoms with Crippen molar-refractivity contribution in [3.63, 3.8) is 0 Å². The number of amides is 1. The summed E-state index contributed by atoms with van der Waals surface area (Å²) in [5, 5.41) is 14.1. The van der Waals surface area contributed by atoms with E-state index in [4.69, 9.17) is 32.7 Å². The van der Waals surface area contributed by atoms with E-state index < -0.39 is 11.5 Å². The SMILES string of the molecule is COCc1cnc2c(NC(=O)c3c(Cl)cccc3Cl)cccc2c1OCCC(C)(C)O. The van der Waals surface area contributed by atoms with Crippen LogP contribution < -0.4 is 10.1 Å². The molecule has 0 saturated carbocycles. The molecule has 1 heterocycles. The van der Waals surface area contributed by atoms with E-state index in [1.165, 1.54) is 0 Å². The number of hydrogen-bond donors (Lipinski definition) is 2. The Morgan fingerprint density at radius 1 is 1.16 bits per heavy atom. The molecule has 1 amide bonds. The van der Waals surface area contributed by atoms with Crippen LogP contribution >= 0.6 is 23.2 Å². The molecule has 1 aromatic heterocycles. The molecule has 3 rings (SSSR count). The maximum absolute atomic E-state index is 12.8. The van der Waals surface area contributed by atoms with Crippen LogP contribution in [0, 0.1) is 0 Å². The minimum atomic E-state index is -0.850. The number of aliphatic hydroxyl groups is 1. The number of carbonyl (C=O) groups is 1. The first-order chi connectivity index (χ1) is 14.7. The lowest BCUT2D eigenvalue weighted by Gasteiger charge is -2.19. The Morgan fingerprint density at radius 3 is 2.48 bits per heavy atom. The van der Waals surface area contributed by atoms with Gasteiger partial charge in [-0.3, -0.25) is 9.78 Å². The second-order valence-electron chi connectivity index (χ2n) is 7.71. The lowest BCUT2D eigenvalue weighted by molar-refractivity contribution is 0.0551. The Hall–Kier alpha value is -2.38. The van der Waals surface area contributed by atoms with Crippen LogP contribution in [0.4, 0.5) is 5.69 Å². The van der Waals surface area contributed by atoms with Gasteiger partial charge in [0.2, 0.25) is 0 Å². The van der Waals surface area contributed by atoms with Gasteiger partial charge in [-0.15, -0.1) is 0 Å². The number of rotatable bonds is 8. The predicted molar refractivity (Wildman–Crippen MR) is 123 cm³/mol. The zero-order valence-electron chi connectivity index (χ0n) is 17.5. The van der Waals surface area contributed by atoms with E-state index in [0.29, 0.717) is 42.0 Å². The Kier molecular flexibility index (Phi) is 7.38. The molecular weight excluding hydrogens is 439 g/mol. The number of nitrogens with zero attached hydrogens (tertiary/aromatic N) is 1. The molecule has 2 N–H and O–H groups in total. The molecule has 0 saturated heterocycles. The van der Waals surface area contributed by atoms with E-state index >= 15 is 0 Å². The third-order valence-electron chi connectivity index (χ3n) is 4.62. The molecule has 0 fully saturated rings. The molecule has 0 bridgehead atoms. The normalized spacial score (nSPS) is 11.5. The zero-order valence-corrected chi connectivity index (χ0v) is 19.0. The quantitative estimate of drug-likeness (QED) is 0.463. The molecule has 0 spiro atoms. The van der Waals surface area contributed by atoms with Gasteiger partial charge in [0.05, 0.1) is 45.6 Å². The number of aromatic nitrogens is 1. The van der Waals surface area contributed by atoms with Crippen molar-refractivity contribution in [3.05, 3.63) is 63.8 Å². The topological polar surface area (TPSA) is 80.7 Å². The van der Waals surface area contributed by atoms with Gasteiger partial charge in [0.25, 0.3) is 5.91 Å². The molecule has 0 aliphatic rings. The van der Waals surface area contributed by atoms with Gasteiger partial charge in [-0.05, 0) is 38.1 Å². The highest BCUT2D eigenvalue weighted by molar-refractivity contribution is 6.40. The molecule has 0 unspecified atom stereocenters. The van der Waals surface area contributed by atoms with E-state index in [9.17, 15) is 9.90 Å². The van der Waals surface area contributed by atoms with Crippen molar-refractivity contribution in [3.8, 4) is 5.75 Å². The average molecular weight is 463 g/mol. The van der Waals surface area contributed by atoms with Crippen LogP contribution in [0.5, 0.6) is 5.75 Å². The average Bonchev–Trinajstić information content (AvgIpc) is 2.68. The first kappa shape index (κ1) is 23.3. The second kappa shape index (κ2) is 9.83. The summed E-state index contributed by atoms with van der Waals surface area (Å²) < 4.78 is 11.3. The van der Waals surface area contributed by atoms with Crippen LogP contribution in [-0.2, 0) is 11.3 Å². The van der Waals surface area contributed by atoms with Crippen LogP contribution in [0.3, 0.4) is 0 Å². The van der Waals surface area contributed by atoms with Gasteiger partial charge in [-0.1, -0.05) is 35.3 Å². The van der Waals surface area contributed by atoms with E-state index in [1.54, 1.807) is 57.5 Å². The number of para-hydroxylation sites is 1. The first-order valence-electron chi connectivity index (χ1n) is 9.71. The molecule has 8 heteroatoms. The largest absolute Gasteiger partial charge is 0.492 e. The van der Waals surface area contributed by atoms with Gasteiger partial charge in [0.1, 0.15) is 5.75 Å². The highest BCUT2D eigenvalue weighted by atomic mass is 35.5. The first-order valence-corrected chi connectivity index (χ1v) is 10.5. The third kappa shape index (κ3) is 5.66. The number of carbonyl (C=O) groups excluding carboxylic acids is 1. The summed E-state index contributed by atoms with van der Waals surface area (Å²) in [6.45, 7) is 4.08. The number of anilines is 1. The Labute approximate surface area is 191 Å². The van der Waals surface area contributed by atoms with Crippen molar-refractivity contribution in [2.75, 3.05) is 19.0 Å². The standard InChI is InChI=1S/C23H24Cl2N2O4/c1-23(2,29)10-11-31-21-14(13-30-3)12-26-20-15(21)6-4-9-18(20)27-22(28)19-16(24)7-5-8-17(19)25/h4-9,12,29H,10-11,13H2,1-3H3,(H,27,28). The highest BCUT2D eigenvalue weighted by Crippen LogP contribution is 2.34. The van der Waals surface area contributed by atoms with E-state index in [-0.39, 0.29) is 15.6 Å². The summed E-state index contributed by atoms with van der Waals surface area (Å²) in [6.07, 6.45) is 2.11. The molecule has 164 valence electrons. The lowest BCUT2D eigenvalue weighted by atomic mass is 10.1. The number of methoxy groups -OCH3 is 1. The van der Waals surface area contributed by atoms with Crippen LogP contribution in [0.15, 0.2) is 42.6 Å². The van der Waals surface area contributed by atoms with Gasteiger partial charge < -0.3 is 19.9 Å². The van der Waals surface area contributed by atoms with Crippen molar-refractivity contribution in [1.82, 2.24) is 4.98 Å². The predicted octanol–water partition coefficient (Wildman–Crippen LogP) is 5.48. The van der Waals surface area contributed by atoms with Crippen molar-refractivity contribution in [2.45, 2.75) is 32.5 Å². The van der Waals surface area contributed by atoms with Crippen molar-refractivity contribution in [1.29, 1.82) is 0 Å². The van der Waals surface area contributed by atoms with Gasteiger partial charge in [0.15, 0.2) is 0 Å². The van der Waals surface area contributed by atoms with Crippen LogP contribution in [0.25, 0.3) is 10.9 Å². The molecule has 3 aromatic rings. The summed E-state index contributed by atoms with van der Waals surface area (Å²) in [4.78, 5) is 17.4. The summed E-state index contributed by atoms with van der Waals surface area (Å²) >= 11 is 12.3. The molecular formula is C23H24Cl2N2O4. The van der Waals surface area contributed by atoms with Crippen molar-refractivity contribution >= 4 is 45.7 Å². The molecule has 0 aliphatic heterocycles. The number of halogens is 2. The Morgan fingerprint density at radius 2 is 1.84 bits per heavy atom. The Balaban J connectivity index is 1.98. The van der Waals surface area contributed by atoms with Gasteiger partial charge >= 0.3 is 0 Å². The molecule has 2 aromatic carbocycles. The maximum Gasteiger partial charge on any atom is 0.258 e. The number of benzene rings is 2. The zero-order chi connectivity index (χ0) is 22.6. The van der Waals surface area contributed by atoms with E-state index in [1.807, 2.05) is 6.07 Å². The van der Waals surface area contributed by atoms with Crippen LogP contribution in [0.2, 0.25) is 10.0 Å². The molecule has 31 heavy (non-hydrogen) atoms. The molecule has 6 nitrogen and oxygen atoms in total. The summed E-state index contributed by atoms with van der Waals surface area (Å²) in [7, 11) is 1.59. The fraction of sp³-hybridized carbons (Fsp3) is 0.304. The molecule has 0 atom stereocenters. The van der Waals surface area contributed by atoms with Crippen molar-refractivity contribution in [2.24, 2.45) is 0 Å². The van der Waals surface area contributed by atoms with Crippen LogP contribution in [0.1, 0.15) is 36.2 Å². The smallest absolute Gasteiger partial charge is 0.258 e. The maximum atomic E-state index is 12.8. The summed E-state index contributed by atoms with van der Waals surface area (Å²) in [5.74, 6) is 0.165. The number of pyridine rings is 1. The minimum Gasteiger partial charge on any atom is -0.492 e. The van der Waals surface area contributed by atoms with Gasteiger partial charge in [-0.25, -0.2) is 0 Å².